The van der Waals surface area contributed by atoms with E-state index in [1.807, 2.05) is 0 Å². The Kier molecular flexibility index (Phi) is 6.37. The highest BCUT2D eigenvalue weighted by Gasteiger charge is 2.15. The minimum atomic E-state index is -0.359. The molecule has 0 bridgehead atoms. The molecule has 1 aromatic heterocycles. The second-order valence-electron chi connectivity index (χ2n) is 4.90. The fraction of sp³-hybridized carbons (Fsp3) is 0.214. The Hall–Kier alpha value is -2.59. The minimum absolute atomic E-state index is 0.0186. The van der Waals surface area contributed by atoms with Gasteiger partial charge in [-0.25, -0.2) is 0 Å². The van der Waals surface area contributed by atoms with Crippen molar-refractivity contribution >= 4 is 52.8 Å². The monoisotopic (exact) mass is 381 g/mol. The molecule has 1 aromatic carbocycles. The van der Waals surface area contributed by atoms with Crippen molar-refractivity contribution in [3.8, 4) is 0 Å². The molecule has 1 heterocycles. The van der Waals surface area contributed by atoms with Crippen molar-refractivity contribution in [2.45, 2.75) is 5.16 Å². The third-order valence-corrected chi connectivity index (χ3v) is 4.09. The number of rotatable bonds is 6. The first kappa shape index (κ1) is 18.7. The van der Waals surface area contributed by atoms with Gasteiger partial charge in [0.2, 0.25) is 23.7 Å². The zero-order valence-corrected chi connectivity index (χ0v) is 14.8. The number of hydrogen-bond donors (Lipinski definition) is 3. The van der Waals surface area contributed by atoms with Crippen LogP contribution in [0.25, 0.3) is 0 Å². The van der Waals surface area contributed by atoms with E-state index in [0.29, 0.717) is 10.7 Å². The third-order valence-electron chi connectivity index (χ3n) is 2.93. The number of nitrogens with two attached hydrogens (primary N) is 2. The molecule has 0 spiro atoms. The van der Waals surface area contributed by atoms with E-state index in [1.165, 1.54) is 11.9 Å². The second-order valence-corrected chi connectivity index (χ2v) is 6.25. The zero-order chi connectivity index (χ0) is 18.4. The Morgan fingerprint density at radius 2 is 1.84 bits per heavy atom. The van der Waals surface area contributed by atoms with Gasteiger partial charge in [0.1, 0.15) is 0 Å². The summed E-state index contributed by atoms with van der Waals surface area (Å²) in [6, 6.07) is 6.84. The normalized spacial score (nSPS) is 10.3. The minimum Gasteiger partial charge on any atom is -0.368 e. The number of carbonyl (C=O) groups is 2. The molecule has 2 amide bonds. The summed E-state index contributed by atoms with van der Waals surface area (Å²) >= 11 is 7.02. The summed E-state index contributed by atoms with van der Waals surface area (Å²) in [5, 5.41) is 3.31. The Balaban J connectivity index is 1.85. The largest absolute Gasteiger partial charge is 0.368 e. The van der Waals surface area contributed by atoms with E-state index in [0.717, 1.165) is 11.8 Å². The van der Waals surface area contributed by atoms with Crippen LogP contribution < -0.4 is 16.8 Å². The SMILES string of the molecule is CN(CC(=O)Nc1ccccc1Cl)C(=O)CSc1nc(N)nc(N)n1. The van der Waals surface area contributed by atoms with E-state index < -0.39 is 0 Å². The van der Waals surface area contributed by atoms with Gasteiger partial charge < -0.3 is 21.7 Å². The summed E-state index contributed by atoms with van der Waals surface area (Å²) in [6.07, 6.45) is 0. The number of amides is 2. The maximum Gasteiger partial charge on any atom is 0.244 e. The molecule has 0 aliphatic rings. The third kappa shape index (κ3) is 5.76. The number of nitrogens with zero attached hydrogens (tertiary/aromatic N) is 4. The number of anilines is 3. The fourth-order valence-electron chi connectivity index (χ4n) is 1.75. The van der Waals surface area contributed by atoms with Crippen molar-refractivity contribution in [2.24, 2.45) is 0 Å². The van der Waals surface area contributed by atoms with Crippen molar-refractivity contribution in [3.05, 3.63) is 29.3 Å². The van der Waals surface area contributed by atoms with Gasteiger partial charge in [-0.05, 0) is 12.1 Å². The quantitative estimate of drug-likeness (QED) is 0.626. The van der Waals surface area contributed by atoms with Crippen LogP contribution in [0.4, 0.5) is 17.6 Å². The fourth-order valence-corrected chi connectivity index (χ4v) is 2.72. The van der Waals surface area contributed by atoms with Crippen molar-refractivity contribution in [2.75, 3.05) is 36.1 Å². The number of nitrogen functional groups attached to an aromatic ring is 2. The van der Waals surface area contributed by atoms with E-state index in [4.69, 9.17) is 23.1 Å². The van der Waals surface area contributed by atoms with E-state index >= 15 is 0 Å². The number of likely N-dealkylation sites (N-methyl/N-ethyl adjacent to an activating group) is 1. The molecule has 2 aromatic rings. The molecule has 0 unspecified atom stereocenters. The number of benzene rings is 1. The Morgan fingerprint density at radius 1 is 1.20 bits per heavy atom. The van der Waals surface area contributed by atoms with Gasteiger partial charge in [0.15, 0.2) is 5.16 Å². The van der Waals surface area contributed by atoms with Crippen LogP contribution in [0.15, 0.2) is 29.4 Å². The number of aromatic nitrogens is 3. The standard InChI is InChI=1S/C14H16ClN7O2S/c1-22(6-10(23)18-9-5-3-2-4-8(9)15)11(24)7-25-14-20-12(16)19-13(17)21-14/h2-5H,6-7H2,1H3,(H,18,23)(H4,16,17,19,20,21). The van der Waals surface area contributed by atoms with Crippen LogP contribution in [0.3, 0.4) is 0 Å². The first-order valence-corrected chi connectivity index (χ1v) is 8.39. The van der Waals surface area contributed by atoms with Crippen molar-refractivity contribution in [3.63, 3.8) is 0 Å². The molecule has 5 N–H and O–H groups in total. The van der Waals surface area contributed by atoms with E-state index in [-0.39, 0.29) is 41.2 Å². The molecular formula is C14H16ClN7O2S. The number of halogens is 1. The number of para-hydroxylation sites is 1. The molecule has 0 saturated heterocycles. The average Bonchev–Trinajstić information content (AvgIpc) is 2.53. The summed E-state index contributed by atoms with van der Waals surface area (Å²) in [6.45, 7) is -0.119. The molecule has 2 rings (SSSR count). The molecule has 0 saturated carbocycles. The summed E-state index contributed by atoms with van der Waals surface area (Å²) in [5.74, 6) is -0.650. The Labute approximate surface area is 153 Å². The van der Waals surface area contributed by atoms with Gasteiger partial charge in [0, 0.05) is 7.05 Å². The highest BCUT2D eigenvalue weighted by atomic mass is 35.5. The summed E-state index contributed by atoms with van der Waals surface area (Å²) in [5.41, 5.74) is 11.4. The van der Waals surface area contributed by atoms with Gasteiger partial charge in [0.05, 0.1) is 23.0 Å². The van der Waals surface area contributed by atoms with Crippen LogP contribution in [-0.4, -0.2) is 51.0 Å². The van der Waals surface area contributed by atoms with Gasteiger partial charge in [-0.3, -0.25) is 9.59 Å². The predicted molar refractivity (Wildman–Crippen MR) is 97.1 cm³/mol. The lowest BCUT2D eigenvalue weighted by Crippen LogP contribution is -2.36. The molecular weight excluding hydrogens is 366 g/mol. The van der Waals surface area contributed by atoms with Crippen LogP contribution in [0.5, 0.6) is 0 Å². The van der Waals surface area contributed by atoms with Crippen molar-refractivity contribution in [1.82, 2.24) is 19.9 Å². The van der Waals surface area contributed by atoms with Gasteiger partial charge in [-0.2, -0.15) is 15.0 Å². The molecule has 9 nitrogen and oxygen atoms in total. The lowest BCUT2D eigenvalue weighted by atomic mass is 10.3. The zero-order valence-electron chi connectivity index (χ0n) is 13.3. The first-order valence-electron chi connectivity index (χ1n) is 7.03. The molecule has 0 aliphatic carbocycles. The van der Waals surface area contributed by atoms with Crippen LogP contribution >= 0.6 is 23.4 Å². The molecule has 0 fully saturated rings. The van der Waals surface area contributed by atoms with Crippen LogP contribution in [0.2, 0.25) is 5.02 Å². The number of hydrogen-bond acceptors (Lipinski definition) is 8. The predicted octanol–water partition coefficient (Wildman–Crippen LogP) is 0.879. The van der Waals surface area contributed by atoms with Gasteiger partial charge >= 0.3 is 0 Å². The lowest BCUT2D eigenvalue weighted by molar-refractivity contribution is -0.131. The van der Waals surface area contributed by atoms with Crippen LogP contribution in [-0.2, 0) is 9.59 Å². The highest BCUT2D eigenvalue weighted by Crippen LogP contribution is 2.20. The molecule has 0 radical (unpaired) electrons. The van der Waals surface area contributed by atoms with Crippen LogP contribution in [0, 0.1) is 0 Å². The highest BCUT2D eigenvalue weighted by molar-refractivity contribution is 7.99. The maximum absolute atomic E-state index is 12.1. The summed E-state index contributed by atoms with van der Waals surface area (Å²) in [4.78, 5) is 36.8. The van der Waals surface area contributed by atoms with Crippen molar-refractivity contribution < 1.29 is 9.59 Å². The molecule has 0 atom stereocenters. The lowest BCUT2D eigenvalue weighted by Gasteiger charge is -2.16. The van der Waals surface area contributed by atoms with E-state index in [2.05, 4.69) is 20.3 Å². The smallest absolute Gasteiger partial charge is 0.244 e. The molecule has 0 aliphatic heterocycles. The average molecular weight is 382 g/mol. The molecule has 132 valence electrons. The summed E-state index contributed by atoms with van der Waals surface area (Å²) < 4.78 is 0. The summed E-state index contributed by atoms with van der Waals surface area (Å²) in [7, 11) is 1.52. The van der Waals surface area contributed by atoms with Gasteiger partial charge in [-0.1, -0.05) is 35.5 Å². The topological polar surface area (TPSA) is 140 Å². The number of carbonyl (C=O) groups excluding carboxylic acids is 2. The van der Waals surface area contributed by atoms with E-state index in [9.17, 15) is 9.59 Å². The Morgan fingerprint density at radius 3 is 2.48 bits per heavy atom. The van der Waals surface area contributed by atoms with Gasteiger partial charge in [0.25, 0.3) is 0 Å². The first-order chi connectivity index (χ1) is 11.8. The Bertz CT molecular complexity index is 769. The number of nitrogens with one attached hydrogen (secondary N) is 1. The van der Waals surface area contributed by atoms with Crippen molar-refractivity contribution in [1.29, 1.82) is 0 Å². The molecule has 11 heteroatoms. The van der Waals surface area contributed by atoms with E-state index in [1.54, 1.807) is 24.3 Å². The molecule has 25 heavy (non-hydrogen) atoms. The maximum atomic E-state index is 12.1. The van der Waals surface area contributed by atoms with Crippen LogP contribution in [0.1, 0.15) is 0 Å². The van der Waals surface area contributed by atoms with Gasteiger partial charge in [-0.15, -0.1) is 0 Å². The number of thioether (sulfide) groups is 1. The second kappa shape index (κ2) is 8.49.